The summed E-state index contributed by atoms with van der Waals surface area (Å²) in [7, 11) is 6.11. The van der Waals surface area contributed by atoms with Crippen molar-refractivity contribution in [2.45, 2.75) is 195 Å². The van der Waals surface area contributed by atoms with Gasteiger partial charge in [-0.2, -0.15) is 0 Å². The van der Waals surface area contributed by atoms with Crippen LogP contribution in [0, 0.1) is 29.6 Å². The summed E-state index contributed by atoms with van der Waals surface area (Å²) in [6, 6.07) is 9.94. The van der Waals surface area contributed by atoms with Crippen LogP contribution in [0.25, 0.3) is 0 Å². The normalized spacial score (nSPS) is 17.9. The molecule has 2 aliphatic heterocycles. The van der Waals surface area contributed by atoms with Crippen LogP contribution in [0.4, 0.5) is 10.5 Å². The van der Waals surface area contributed by atoms with Gasteiger partial charge in [0.2, 0.25) is 41.4 Å². The lowest BCUT2D eigenvalue weighted by molar-refractivity contribution is -0.148. The van der Waals surface area contributed by atoms with Crippen LogP contribution in [-0.2, 0) is 64.0 Å². The van der Waals surface area contributed by atoms with Gasteiger partial charge in [0.05, 0.1) is 48.8 Å². The van der Waals surface area contributed by atoms with Crippen molar-refractivity contribution in [1.29, 1.82) is 0 Å². The molecule has 0 radical (unpaired) electrons. The van der Waals surface area contributed by atoms with Crippen molar-refractivity contribution in [2.24, 2.45) is 29.6 Å². The minimum atomic E-state index is -1.06. The Hall–Kier alpha value is -7.24. The number of anilines is 1. The van der Waals surface area contributed by atoms with Gasteiger partial charge in [0, 0.05) is 65.7 Å². The van der Waals surface area contributed by atoms with Crippen molar-refractivity contribution >= 4 is 64.9 Å². The second-order valence-corrected chi connectivity index (χ2v) is 24.5. The minimum absolute atomic E-state index is 0.0797. The molecular weight excluding hydrogens is 1130 g/mol. The number of carbonyl (C=O) groups excluding carboxylic acids is 10. The molecule has 4 rings (SSSR count). The Morgan fingerprint density at radius 2 is 1.32 bits per heavy atom. The topological polar surface area (TPSA) is 292 Å². The van der Waals surface area contributed by atoms with Gasteiger partial charge in [0.1, 0.15) is 30.8 Å². The fourth-order valence-electron chi connectivity index (χ4n) is 11.4. The number of likely N-dealkylation sites (tertiary alicyclic amines) is 1. The van der Waals surface area contributed by atoms with E-state index in [0.29, 0.717) is 61.9 Å². The molecular formula is C65H99N9O14. The molecule has 2 aromatic carbocycles. The number of unbranched alkanes of at least 4 members (excludes halogenated alkanes) is 2. The smallest absolute Gasteiger partial charge is 0.410 e. The van der Waals surface area contributed by atoms with E-state index >= 15 is 0 Å². The van der Waals surface area contributed by atoms with Crippen LogP contribution in [0.2, 0.25) is 0 Å². The van der Waals surface area contributed by atoms with Gasteiger partial charge in [-0.1, -0.05) is 118 Å². The highest BCUT2D eigenvalue weighted by Gasteiger charge is 2.44. The molecule has 6 N–H and O–H groups in total. The zero-order valence-corrected chi connectivity index (χ0v) is 54.3. The molecule has 2 aliphatic rings. The molecule has 1 saturated heterocycles. The number of carbonyl (C=O) groups is 10. The molecule has 1 fully saturated rings. The summed E-state index contributed by atoms with van der Waals surface area (Å²) in [6.45, 7) is 20.2. The summed E-state index contributed by atoms with van der Waals surface area (Å²) in [6.07, 6.45) is 2.90. The highest BCUT2D eigenvalue weighted by molar-refractivity contribution is 6.12. The van der Waals surface area contributed by atoms with Gasteiger partial charge in [0.25, 0.3) is 11.8 Å². The van der Waals surface area contributed by atoms with Gasteiger partial charge in [-0.3, -0.25) is 53.0 Å². The largest absolute Gasteiger partial charge is 0.445 e. The van der Waals surface area contributed by atoms with E-state index < -0.39 is 108 Å². The molecule has 12 atom stereocenters. The molecule has 23 nitrogen and oxygen atoms in total. The molecule has 10 amide bonds. The summed E-state index contributed by atoms with van der Waals surface area (Å²) < 4.78 is 17.7. The summed E-state index contributed by atoms with van der Waals surface area (Å²) >= 11 is 0. The molecule has 0 saturated carbocycles. The van der Waals surface area contributed by atoms with E-state index in [1.807, 2.05) is 45.9 Å². The maximum Gasteiger partial charge on any atom is 0.410 e. The molecule has 12 unspecified atom stereocenters. The maximum atomic E-state index is 14.8. The second kappa shape index (κ2) is 35.1. The van der Waals surface area contributed by atoms with Gasteiger partial charge in [-0.25, -0.2) is 4.79 Å². The number of ether oxygens (including phenoxy) is 3. The molecule has 0 bridgehead atoms. The molecule has 2 heterocycles. The van der Waals surface area contributed by atoms with Gasteiger partial charge in [-0.15, -0.1) is 0 Å². The van der Waals surface area contributed by atoms with Crippen molar-refractivity contribution in [2.75, 3.05) is 46.7 Å². The van der Waals surface area contributed by atoms with Crippen LogP contribution < -0.4 is 26.6 Å². The molecule has 2 aromatic rings. The Morgan fingerprint density at radius 3 is 1.89 bits per heavy atom. The summed E-state index contributed by atoms with van der Waals surface area (Å²) in [4.78, 5) is 139. The van der Waals surface area contributed by atoms with Crippen molar-refractivity contribution in [3.63, 3.8) is 0 Å². The van der Waals surface area contributed by atoms with E-state index in [0.717, 1.165) is 4.90 Å². The summed E-state index contributed by atoms with van der Waals surface area (Å²) in [5.41, 5.74) is 1.64. The predicted octanol–water partition coefficient (Wildman–Crippen LogP) is 5.65. The zero-order valence-electron chi connectivity index (χ0n) is 54.3. The lowest BCUT2D eigenvalue weighted by Crippen LogP contribution is -2.60. The first-order valence-electron chi connectivity index (χ1n) is 31.0. The van der Waals surface area contributed by atoms with Gasteiger partial charge >= 0.3 is 6.09 Å². The minimum Gasteiger partial charge on any atom is -0.445 e. The first kappa shape index (κ1) is 73.2. The number of nitrogens with zero attached hydrogens (tertiary/aromatic N) is 4. The monoisotopic (exact) mass is 1230 g/mol. The van der Waals surface area contributed by atoms with Crippen LogP contribution in [0.5, 0.6) is 0 Å². The van der Waals surface area contributed by atoms with E-state index in [2.05, 4.69) is 26.6 Å². The third kappa shape index (κ3) is 20.4. The number of aliphatic hydroxyl groups excluding tert-OH is 1. The standard InChI is InChI=1S/C65H99N9O14/c1-16-41(8)57(49(86-14)36-53(78)73-35-23-26-48(73)59(87-15)42(9)60(80)66-43(10)58(79)46-24-19-17-20-25-46)71(12)64(84)55(39(4)5)70-63(83)56(40(6)7)72(13)65(85)88-37-45-28-30-47(31-29-45)68-61(81)44(11)67-62(82)54(38(2)3)69-50(75)27-21-18-22-34-74-51(76)32-33-52(74)77/h17,19-20,24-25,28-33,38-44,48-49,54-59,79H,16,18,21-23,26-27,34-37H2,1-15H3,(H,66,80)(H,67,82)(H,68,81)(H,69,75)(H,70,83). The number of hydrogen-bond acceptors (Lipinski definition) is 14. The number of likely N-dealkylation sites (N-methyl/N-ethyl adjacent to an activating group) is 2. The Labute approximate surface area is 520 Å². The Balaban J connectivity index is 1.32. The number of nitrogens with one attached hydrogen (secondary N) is 5. The van der Waals surface area contributed by atoms with Gasteiger partial charge in [-0.05, 0) is 86.5 Å². The zero-order chi connectivity index (χ0) is 65.7. The van der Waals surface area contributed by atoms with Gasteiger partial charge < -0.3 is 55.7 Å². The van der Waals surface area contributed by atoms with E-state index in [1.165, 1.54) is 45.2 Å². The second-order valence-electron chi connectivity index (χ2n) is 24.5. The number of hydrogen-bond donors (Lipinski definition) is 6. The molecule has 23 heteroatoms. The average molecular weight is 1230 g/mol. The van der Waals surface area contributed by atoms with Crippen LogP contribution in [-0.4, -0.2) is 180 Å². The number of rotatable bonds is 34. The van der Waals surface area contributed by atoms with Gasteiger partial charge in [0.15, 0.2) is 0 Å². The van der Waals surface area contributed by atoms with Crippen molar-refractivity contribution < 1.29 is 67.3 Å². The Kier molecular flexibility index (Phi) is 29.2. The Morgan fingerprint density at radius 1 is 0.693 bits per heavy atom. The predicted molar refractivity (Wildman–Crippen MR) is 332 cm³/mol. The summed E-state index contributed by atoms with van der Waals surface area (Å²) in [5, 5.41) is 25.0. The molecule has 488 valence electrons. The molecule has 0 aromatic heterocycles. The third-order valence-corrected chi connectivity index (χ3v) is 16.9. The Bertz CT molecular complexity index is 2690. The highest BCUT2D eigenvalue weighted by Crippen LogP contribution is 2.30. The molecule has 88 heavy (non-hydrogen) atoms. The number of benzene rings is 2. The third-order valence-electron chi connectivity index (χ3n) is 16.9. The number of methoxy groups -OCH3 is 2. The quantitative estimate of drug-likeness (QED) is 0.0365. The first-order valence-corrected chi connectivity index (χ1v) is 31.0. The molecule has 0 aliphatic carbocycles. The number of amides is 10. The van der Waals surface area contributed by atoms with E-state index in [-0.39, 0.29) is 67.4 Å². The average Bonchev–Trinajstić information content (AvgIpc) is 3.02. The van der Waals surface area contributed by atoms with Crippen LogP contribution in [0.1, 0.15) is 145 Å². The van der Waals surface area contributed by atoms with E-state index in [9.17, 15) is 53.1 Å². The lowest BCUT2D eigenvalue weighted by atomic mass is 9.89. The first-order chi connectivity index (χ1) is 41.6. The number of aliphatic hydroxyl groups is 1. The highest BCUT2D eigenvalue weighted by atomic mass is 16.6. The lowest BCUT2D eigenvalue weighted by Gasteiger charge is -2.41. The maximum absolute atomic E-state index is 14.8. The number of imide groups is 1. The van der Waals surface area contributed by atoms with E-state index in [1.54, 1.807) is 94.8 Å². The van der Waals surface area contributed by atoms with E-state index in [4.69, 9.17) is 14.2 Å². The van der Waals surface area contributed by atoms with Crippen LogP contribution in [0.3, 0.4) is 0 Å². The van der Waals surface area contributed by atoms with Crippen LogP contribution in [0.15, 0.2) is 66.7 Å². The van der Waals surface area contributed by atoms with Crippen molar-refractivity contribution in [3.8, 4) is 0 Å². The fraction of sp³-hybridized carbons (Fsp3) is 0.631. The molecule has 0 spiro atoms. The summed E-state index contributed by atoms with van der Waals surface area (Å²) in [5.74, 6) is -5.59. The van der Waals surface area contributed by atoms with Crippen molar-refractivity contribution in [3.05, 3.63) is 77.9 Å². The SMILES string of the molecule is CCC(C)C(C(CC(=O)N1CCCC1C(OC)C(C)C(=O)NC(C)C(O)c1ccccc1)OC)N(C)C(=O)C(NC(=O)C(C(C)C)N(C)C(=O)OCc1ccc(NC(=O)C(C)NC(=O)C(NC(=O)CCCCCN2C(=O)C=CC2=O)C(C)C)cc1)C(C)C. The fourth-order valence-corrected chi connectivity index (χ4v) is 11.4. The van der Waals surface area contributed by atoms with Crippen LogP contribution >= 0.6 is 0 Å². The van der Waals surface area contributed by atoms with Crippen molar-refractivity contribution in [1.82, 2.24) is 40.9 Å².